The summed E-state index contributed by atoms with van der Waals surface area (Å²) in [6, 6.07) is -0.716. The fourth-order valence-corrected chi connectivity index (χ4v) is 0.632. The van der Waals surface area contributed by atoms with Crippen molar-refractivity contribution in [1.82, 2.24) is 0 Å². The molecule has 0 aromatic heterocycles. The van der Waals surface area contributed by atoms with Crippen LogP contribution in [0, 0.1) is 0 Å². The number of hydrogen-bond acceptors (Lipinski definition) is 3. The van der Waals surface area contributed by atoms with E-state index in [1.165, 1.54) is 0 Å². The summed E-state index contributed by atoms with van der Waals surface area (Å²) in [5.41, 5.74) is 10.4. The molecule has 0 radical (unpaired) electrons. The molecule has 0 rings (SSSR count). The molecule has 0 bridgehead atoms. The zero-order chi connectivity index (χ0) is 7.98. The molecule has 0 amide bonds. The number of carboxylic acids is 1. The van der Waals surface area contributed by atoms with Gasteiger partial charge in [0.05, 0.1) is 0 Å². The molecule has 0 saturated carbocycles. The summed E-state index contributed by atoms with van der Waals surface area (Å²) >= 11 is 0. The van der Waals surface area contributed by atoms with Crippen molar-refractivity contribution in [2.75, 3.05) is 6.54 Å². The summed E-state index contributed by atoms with van der Waals surface area (Å²) in [6.45, 7) is 0.604. The molecule has 0 aromatic rings. The van der Waals surface area contributed by atoms with Crippen molar-refractivity contribution < 1.29 is 29.4 Å². The van der Waals surface area contributed by atoms with Gasteiger partial charge in [-0.15, -0.1) is 12.4 Å². The number of unbranched alkanes of at least 4 members (excludes halogenated alkanes) is 1. The Hall–Kier alpha value is 0.303. The molecule has 0 unspecified atom stereocenters. The van der Waals surface area contributed by atoms with E-state index >= 15 is 0 Å². The third-order valence-corrected chi connectivity index (χ3v) is 1.29. The average Bonchev–Trinajstić information content (AvgIpc) is 1.88. The second kappa shape index (κ2) is 11.3. The monoisotopic (exact) mass is 246 g/mol. The minimum Gasteiger partial charge on any atom is -0.480 e. The van der Waals surface area contributed by atoms with Crippen molar-refractivity contribution >= 4 is 18.4 Å². The Bertz CT molecular complexity index is 116. The zero-order valence-corrected chi connectivity index (χ0v) is 10.8. The van der Waals surface area contributed by atoms with Crippen LogP contribution in [0.1, 0.15) is 19.3 Å². The topological polar surface area (TPSA) is 89.3 Å². The Kier molecular flexibility index (Phi) is 17.1. The molecule has 12 heavy (non-hydrogen) atoms. The van der Waals surface area contributed by atoms with Crippen LogP contribution in [0.3, 0.4) is 0 Å². The Labute approximate surface area is 91.2 Å². The minimum atomic E-state index is -0.933. The van der Waals surface area contributed by atoms with Crippen molar-refractivity contribution in [3.05, 3.63) is 0 Å². The van der Waals surface area contributed by atoms with E-state index in [-0.39, 0.29) is 31.9 Å². The molecule has 6 heteroatoms. The SMILES string of the molecule is Cl.NCCCC[C@H](N)C(=O)O.[Zn]. The van der Waals surface area contributed by atoms with Crippen molar-refractivity contribution in [2.45, 2.75) is 25.3 Å². The summed E-state index contributed by atoms with van der Waals surface area (Å²) in [4.78, 5) is 10.1. The summed E-state index contributed by atoms with van der Waals surface area (Å²) in [7, 11) is 0. The van der Waals surface area contributed by atoms with Gasteiger partial charge in [-0.1, -0.05) is 6.42 Å². The zero-order valence-electron chi connectivity index (χ0n) is 7.03. The number of aliphatic carboxylic acids is 1. The molecular formula is C6H15ClN2O2Zn. The Morgan fingerprint density at radius 2 is 1.92 bits per heavy atom. The first kappa shape index (κ1) is 18.2. The smallest absolute Gasteiger partial charge is 0.320 e. The number of hydrogen-bond donors (Lipinski definition) is 3. The Morgan fingerprint density at radius 3 is 2.25 bits per heavy atom. The van der Waals surface area contributed by atoms with Crippen LogP contribution in [0.25, 0.3) is 0 Å². The molecular weight excluding hydrogens is 233 g/mol. The van der Waals surface area contributed by atoms with Gasteiger partial charge >= 0.3 is 5.97 Å². The van der Waals surface area contributed by atoms with E-state index in [1.54, 1.807) is 0 Å². The summed E-state index contributed by atoms with van der Waals surface area (Å²) in [5, 5.41) is 8.33. The number of nitrogens with two attached hydrogens (primary N) is 2. The van der Waals surface area contributed by atoms with Gasteiger partial charge < -0.3 is 16.6 Å². The predicted octanol–water partition coefficient (Wildman–Crippen LogP) is -0.0534. The molecule has 4 nitrogen and oxygen atoms in total. The Balaban J connectivity index is -0.000000405. The normalized spacial score (nSPS) is 10.8. The van der Waals surface area contributed by atoms with Gasteiger partial charge in [-0.05, 0) is 19.4 Å². The van der Waals surface area contributed by atoms with Crippen LogP contribution in [-0.4, -0.2) is 23.7 Å². The first-order chi connectivity index (χ1) is 4.68. The number of carbonyl (C=O) groups is 1. The average molecular weight is 248 g/mol. The van der Waals surface area contributed by atoms with Gasteiger partial charge in [0, 0.05) is 19.5 Å². The molecule has 1 atom stereocenters. The van der Waals surface area contributed by atoms with Gasteiger partial charge in [0.15, 0.2) is 0 Å². The Morgan fingerprint density at radius 1 is 1.42 bits per heavy atom. The van der Waals surface area contributed by atoms with Crippen LogP contribution in [0.15, 0.2) is 0 Å². The second-order valence-electron chi connectivity index (χ2n) is 2.23. The van der Waals surface area contributed by atoms with Crippen LogP contribution >= 0.6 is 12.4 Å². The third kappa shape index (κ3) is 10.3. The molecule has 0 aliphatic carbocycles. The van der Waals surface area contributed by atoms with Gasteiger partial charge in [-0.25, -0.2) is 0 Å². The van der Waals surface area contributed by atoms with E-state index in [0.717, 1.165) is 12.8 Å². The molecule has 5 N–H and O–H groups in total. The molecule has 70 valence electrons. The van der Waals surface area contributed by atoms with Gasteiger partial charge in [-0.2, -0.15) is 0 Å². The van der Waals surface area contributed by atoms with Gasteiger partial charge in [0.1, 0.15) is 6.04 Å². The minimum absolute atomic E-state index is 0. The molecule has 0 spiro atoms. The second-order valence-corrected chi connectivity index (χ2v) is 2.23. The molecule has 0 aromatic carbocycles. The maximum absolute atomic E-state index is 10.1. The van der Waals surface area contributed by atoms with Gasteiger partial charge in [0.2, 0.25) is 0 Å². The van der Waals surface area contributed by atoms with E-state index < -0.39 is 12.0 Å². The van der Waals surface area contributed by atoms with E-state index in [9.17, 15) is 4.79 Å². The van der Waals surface area contributed by atoms with Crippen molar-refractivity contribution in [3.63, 3.8) is 0 Å². The number of carboxylic acid groups (broad SMARTS) is 1. The maximum Gasteiger partial charge on any atom is 0.320 e. The third-order valence-electron chi connectivity index (χ3n) is 1.29. The fraction of sp³-hybridized carbons (Fsp3) is 0.833. The molecule has 0 aliphatic rings. The summed E-state index contributed by atoms with van der Waals surface area (Å²) in [5.74, 6) is -0.933. The molecule has 0 saturated heterocycles. The van der Waals surface area contributed by atoms with E-state index in [0.29, 0.717) is 13.0 Å². The van der Waals surface area contributed by atoms with E-state index in [2.05, 4.69) is 0 Å². The summed E-state index contributed by atoms with van der Waals surface area (Å²) < 4.78 is 0. The fourth-order valence-electron chi connectivity index (χ4n) is 0.632. The standard InChI is InChI=1S/C6H14N2O2.ClH.Zn/c7-4-2-1-3-5(8)6(9)10;;/h5H,1-4,7-8H2,(H,9,10);1H;/t5-;;/m0../s1. The predicted molar refractivity (Wildman–Crippen MR) is 45.8 cm³/mol. The van der Waals surface area contributed by atoms with Crippen molar-refractivity contribution in [2.24, 2.45) is 11.5 Å². The number of halogens is 1. The van der Waals surface area contributed by atoms with Gasteiger partial charge in [-0.3, -0.25) is 4.79 Å². The summed E-state index contributed by atoms with van der Waals surface area (Å²) in [6.07, 6.45) is 2.16. The first-order valence-electron chi connectivity index (χ1n) is 3.37. The van der Waals surface area contributed by atoms with Crippen LogP contribution in [0.5, 0.6) is 0 Å². The van der Waals surface area contributed by atoms with Crippen LogP contribution in [0.2, 0.25) is 0 Å². The van der Waals surface area contributed by atoms with Crippen molar-refractivity contribution in [1.29, 1.82) is 0 Å². The quantitative estimate of drug-likeness (QED) is 0.470. The molecule has 0 heterocycles. The molecule has 0 fully saturated rings. The van der Waals surface area contributed by atoms with Gasteiger partial charge in [0.25, 0.3) is 0 Å². The van der Waals surface area contributed by atoms with Crippen molar-refractivity contribution in [3.8, 4) is 0 Å². The van der Waals surface area contributed by atoms with Crippen LogP contribution in [-0.2, 0) is 24.3 Å². The largest absolute Gasteiger partial charge is 0.480 e. The van der Waals surface area contributed by atoms with E-state index in [4.69, 9.17) is 16.6 Å². The molecule has 0 aliphatic heterocycles. The van der Waals surface area contributed by atoms with Crippen LogP contribution in [0.4, 0.5) is 0 Å². The first-order valence-corrected chi connectivity index (χ1v) is 3.37. The number of rotatable bonds is 5. The van der Waals surface area contributed by atoms with E-state index in [1.807, 2.05) is 0 Å². The maximum atomic E-state index is 10.1. The van der Waals surface area contributed by atoms with Crippen LogP contribution < -0.4 is 11.5 Å².